The molecule has 2 rings (SSSR count). The van der Waals surface area contributed by atoms with E-state index in [0.717, 1.165) is 31.6 Å². The molecule has 0 aliphatic heterocycles. The summed E-state index contributed by atoms with van der Waals surface area (Å²) in [6, 6.07) is 3.53. The van der Waals surface area contributed by atoms with Crippen molar-refractivity contribution in [3.8, 4) is 6.07 Å². The first-order valence-corrected chi connectivity index (χ1v) is 6.41. The van der Waals surface area contributed by atoms with E-state index in [-0.39, 0.29) is 11.3 Å². The molecule has 100 valence electrons. The molecule has 1 aliphatic carbocycles. The van der Waals surface area contributed by atoms with Crippen LogP contribution in [0.4, 0.5) is 11.5 Å². The number of hydrogen-bond donors (Lipinski definition) is 1. The van der Waals surface area contributed by atoms with Crippen LogP contribution in [0.3, 0.4) is 0 Å². The van der Waals surface area contributed by atoms with Crippen molar-refractivity contribution in [1.82, 2.24) is 4.98 Å². The maximum absolute atomic E-state index is 10.6. The van der Waals surface area contributed by atoms with Gasteiger partial charge in [-0.3, -0.25) is 10.1 Å². The summed E-state index contributed by atoms with van der Waals surface area (Å²) in [4.78, 5) is 14.1. The van der Waals surface area contributed by atoms with Crippen LogP contribution in [-0.4, -0.2) is 15.9 Å². The fraction of sp³-hybridized carbons (Fsp3) is 0.538. The van der Waals surface area contributed by atoms with Gasteiger partial charge in [0.25, 0.3) is 5.69 Å². The highest BCUT2D eigenvalue weighted by atomic mass is 16.6. The normalized spacial score (nSPS) is 22.5. The Hall–Kier alpha value is -2.16. The van der Waals surface area contributed by atoms with Gasteiger partial charge in [0.2, 0.25) is 0 Å². The molecule has 1 fully saturated rings. The molecule has 0 unspecified atom stereocenters. The third kappa shape index (κ3) is 3.19. The maximum Gasteiger partial charge on any atom is 0.289 e. The highest BCUT2D eigenvalue weighted by Crippen LogP contribution is 2.27. The minimum Gasteiger partial charge on any atom is -0.366 e. The van der Waals surface area contributed by atoms with Gasteiger partial charge < -0.3 is 5.32 Å². The molecule has 6 nitrogen and oxygen atoms in total. The van der Waals surface area contributed by atoms with Crippen LogP contribution in [0.25, 0.3) is 0 Å². The highest BCUT2D eigenvalue weighted by molar-refractivity contribution is 5.55. The first-order valence-electron chi connectivity index (χ1n) is 6.41. The van der Waals surface area contributed by atoms with Crippen LogP contribution in [0.15, 0.2) is 12.3 Å². The van der Waals surface area contributed by atoms with Gasteiger partial charge in [-0.25, -0.2) is 4.98 Å². The first kappa shape index (κ1) is 13.3. The Morgan fingerprint density at radius 3 is 2.74 bits per heavy atom. The van der Waals surface area contributed by atoms with Gasteiger partial charge in [0, 0.05) is 12.1 Å². The van der Waals surface area contributed by atoms with E-state index in [0.29, 0.717) is 11.9 Å². The van der Waals surface area contributed by atoms with Crippen molar-refractivity contribution in [2.45, 2.75) is 38.6 Å². The van der Waals surface area contributed by atoms with Crippen LogP contribution in [0.1, 0.15) is 38.2 Å². The molecule has 0 aromatic carbocycles. The van der Waals surface area contributed by atoms with Crippen LogP contribution in [-0.2, 0) is 0 Å². The third-order valence-corrected chi connectivity index (χ3v) is 3.56. The number of aromatic nitrogens is 1. The zero-order chi connectivity index (χ0) is 13.8. The summed E-state index contributed by atoms with van der Waals surface area (Å²) in [5.41, 5.74) is 0.0761. The first-order chi connectivity index (χ1) is 9.10. The Morgan fingerprint density at radius 1 is 1.47 bits per heavy atom. The number of nitrogens with one attached hydrogen (secondary N) is 1. The fourth-order valence-electron chi connectivity index (χ4n) is 2.35. The largest absolute Gasteiger partial charge is 0.366 e. The monoisotopic (exact) mass is 260 g/mol. The van der Waals surface area contributed by atoms with Crippen molar-refractivity contribution < 1.29 is 4.92 Å². The number of nitriles is 1. The molecule has 1 aromatic rings. The quantitative estimate of drug-likeness (QED) is 0.666. The number of anilines is 1. The maximum atomic E-state index is 10.6. The van der Waals surface area contributed by atoms with Crippen LogP contribution >= 0.6 is 0 Å². The SMILES string of the molecule is CC1CCC(Nc2ncc([N+](=O)[O-])cc2C#N)CC1. The van der Waals surface area contributed by atoms with E-state index in [9.17, 15) is 10.1 Å². The molecule has 1 aromatic heterocycles. The predicted octanol–water partition coefficient (Wildman–Crippen LogP) is 2.85. The molecule has 0 amide bonds. The lowest BCUT2D eigenvalue weighted by molar-refractivity contribution is -0.385. The lowest BCUT2D eigenvalue weighted by Gasteiger charge is -2.27. The second-order valence-electron chi connectivity index (χ2n) is 5.06. The van der Waals surface area contributed by atoms with Crippen LogP contribution in [0.2, 0.25) is 0 Å². The van der Waals surface area contributed by atoms with Gasteiger partial charge >= 0.3 is 0 Å². The molecule has 19 heavy (non-hydrogen) atoms. The lowest BCUT2D eigenvalue weighted by atomic mass is 9.87. The molecule has 0 radical (unpaired) electrons. The van der Waals surface area contributed by atoms with Crippen molar-refractivity contribution >= 4 is 11.5 Å². The Labute approximate surface area is 111 Å². The van der Waals surface area contributed by atoms with Gasteiger partial charge in [0.15, 0.2) is 0 Å². The summed E-state index contributed by atoms with van der Waals surface area (Å²) < 4.78 is 0. The van der Waals surface area contributed by atoms with Crippen molar-refractivity contribution in [2.24, 2.45) is 5.92 Å². The molecule has 1 N–H and O–H groups in total. The van der Waals surface area contributed by atoms with Gasteiger partial charge in [-0.15, -0.1) is 0 Å². The average molecular weight is 260 g/mol. The van der Waals surface area contributed by atoms with E-state index in [4.69, 9.17) is 5.26 Å². The van der Waals surface area contributed by atoms with E-state index in [1.165, 1.54) is 12.3 Å². The van der Waals surface area contributed by atoms with Crippen LogP contribution in [0, 0.1) is 27.4 Å². The topological polar surface area (TPSA) is 91.8 Å². The second kappa shape index (κ2) is 5.65. The molecule has 0 spiro atoms. The molecule has 1 saturated carbocycles. The Morgan fingerprint density at radius 2 is 2.16 bits per heavy atom. The summed E-state index contributed by atoms with van der Waals surface area (Å²) >= 11 is 0. The van der Waals surface area contributed by atoms with E-state index in [1.54, 1.807) is 0 Å². The van der Waals surface area contributed by atoms with Gasteiger partial charge in [-0.1, -0.05) is 6.92 Å². The molecule has 6 heteroatoms. The van der Waals surface area contributed by atoms with E-state index in [1.807, 2.05) is 6.07 Å². The average Bonchev–Trinajstić information content (AvgIpc) is 2.41. The minimum absolute atomic E-state index is 0.153. The summed E-state index contributed by atoms with van der Waals surface area (Å²) in [6.45, 7) is 2.24. The summed E-state index contributed by atoms with van der Waals surface area (Å²) in [5, 5.41) is 22.9. The van der Waals surface area contributed by atoms with Crippen LogP contribution in [0.5, 0.6) is 0 Å². The standard InChI is InChI=1S/C13H16N4O2/c1-9-2-4-11(5-3-9)16-13-10(7-14)6-12(8-15-13)17(18)19/h6,8-9,11H,2-5H2,1H3,(H,15,16). The second-order valence-corrected chi connectivity index (χ2v) is 5.06. The molecule has 0 bridgehead atoms. The van der Waals surface area contributed by atoms with Crippen molar-refractivity contribution in [3.63, 3.8) is 0 Å². The summed E-state index contributed by atoms with van der Waals surface area (Å²) in [6.07, 6.45) is 5.60. The highest BCUT2D eigenvalue weighted by Gasteiger charge is 2.20. The van der Waals surface area contributed by atoms with Crippen molar-refractivity contribution in [2.75, 3.05) is 5.32 Å². The van der Waals surface area contributed by atoms with Crippen molar-refractivity contribution in [3.05, 3.63) is 27.9 Å². The summed E-state index contributed by atoms with van der Waals surface area (Å²) in [7, 11) is 0. The Kier molecular flexibility index (Phi) is 3.95. The molecular weight excluding hydrogens is 244 g/mol. The predicted molar refractivity (Wildman–Crippen MR) is 70.6 cm³/mol. The molecule has 1 heterocycles. The lowest BCUT2D eigenvalue weighted by Crippen LogP contribution is -2.26. The van der Waals surface area contributed by atoms with Gasteiger partial charge in [-0.05, 0) is 31.6 Å². The Bertz CT molecular complexity index is 516. The number of rotatable bonds is 3. The van der Waals surface area contributed by atoms with E-state index in [2.05, 4.69) is 17.2 Å². The molecular formula is C13H16N4O2. The third-order valence-electron chi connectivity index (χ3n) is 3.56. The fourth-order valence-corrected chi connectivity index (χ4v) is 2.35. The van der Waals surface area contributed by atoms with Gasteiger partial charge in [-0.2, -0.15) is 5.26 Å². The number of hydrogen-bond acceptors (Lipinski definition) is 5. The zero-order valence-corrected chi connectivity index (χ0v) is 10.8. The van der Waals surface area contributed by atoms with E-state index >= 15 is 0 Å². The van der Waals surface area contributed by atoms with Gasteiger partial charge in [0.05, 0.1) is 4.92 Å². The number of nitro groups is 1. The van der Waals surface area contributed by atoms with Crippen LogP contribution < -0.4 is 5.32 Å². The number of nitrogens with zero attached hydrogens (tertiary/aromatic N) is 3. The van der Waals surface area contributed by atoms with Gasteiger partial charge in [0.1, 0.15) is 23.6 Å². The smallest absolute Gasteiger partial charge is 0.289 e. The van der Waals surface area contributed by atoms with Crippen molar-refractivity contribution in [1.29, 1.82) is 5.26 Å². The van der Waals surface area contributed by atoms with E-state index < -0.39 is 4.92 Å². The number of pyridine rings is 1. The zero-order valence-electron chi connectivity index (χ0n) is 10.8. The molecule has 0 atom stereocenters. The minimum atomic E-state index is -0.542. The molecule has 0 saturated heterocycles. The Balaban J connectivity index is 2.12. The summed E-state index contributed by atoms with van der Waals surface area (Å²) in [5.74, 6) is 1.20. The molecule has 1 aliphatic rings.